The second-order valence-corrected chi connectivity index (χ2v) is 1.45. The van der Waals surface area contributed by atoms with Gasteiger partial charge in [0.15, 0.2) is 0 Å². The summed E-state index contributed by atoms with van der Waals surface area (Å²) in [4.78, 5) is 0. The number of aromatic amines is 1. The summed E-state index contributed by atoms with van der Waals surface area (Å²) in [6.45, 7) is 0. The number of nitrogens with zero attached hydrogens (tertiary/aromatic N) is 2. The molecule has 1 N–H and O–H groups in total. The van der Waals surface area contributed by atoms with Crippen LogP contribution in [0.1, 0.15) is 0 Å². The van der Waals surface area contributed by atoms with E-state index in [1.807, 2.05) is 0 Å². The van der Waals surface area contributed by atoms with Crippen molar-refractivity contribution < 1.29 is 0 Å². The molecule has 0 bridgehead atoms. The summed E-state index contributed by atoms with van der Waals surface area (Å²) >= 11 is 4.65. The van der Waals surface area contributed by atoms with Gasteiger partial charge in [-0.2, -0.15) is 0 Å². The predicted molar refractivity (Wildman–Crippen MR) is 33.0 cm³/mol. The lowest BCUT2D eigenvalue weighted by Gasteiger charge is -1.74. The van der Waals surface area contributed by atoms with Crippen LogP contribution in [0.2, 0.25) is 0 Å². The second kappa shape index (κ2) is 3.45. The van der Waals surface area contributed by atoms with Gasteiger partial charge in [-0.15, -0.1) is 5.10 Å². The number of nitrogens with one attached hydrogen (secondary N) is 1. The minimum Gasteiger partial charge on any atom is -0.249 e. The minimum absolute atomic E-state index is 0. The molecule has 0 aromatic carbocycles. The summed E-state index contributed by atoms with van der Waals surface area (Å²) in [5, 5.41) is 9.36. The van der Waals surface area contributed by atoms with Crippen molar-refractivity contribution in [2.75, 3.05) is 0 Å². The van der Waals surface area contributed by atoms with Crippen molar-refractivity contribution >= 4 is 23.2 Å². The van der Waals surface area contributed by atoms with Crippen molar-refractivity contribution in [3.63, 3.8) is 0 Å². The zero-order valence-corrected chi connectivity index (χ0v) is 5.77. The molecule has 1 heterocycles. The lowest BCUT2D eigenvalue weighted by Crippen LogP contribution is -1.81. The van der Waals surface area contributed by atoms with Gasteiger partial charge >= 0.3 is 0 Å². The van der Waals surface area contributed by atoms with Gasteiger partial charge in [0.1, 0.15) is 4.64 Å². The van der Waals surface area contributed by atoms with Crippen LogP contribution in [0.25, 0.3) is 0 Å². The summed E-state index contributed by atoms with van der Waals surface area (Å²) in [5.41, 5.74) is 0. The van der Waals surface area contributed by atoms with Gasteiger partial charge < -0.3 is 0 Å². The van der Waals surface area contributed by atoms with E-state index < -0.39 is 0 Å². The van der Waals surface area contributed by atoms with Crippen LogP contribution >= 0.6 is 12.2 Å². The van der Waals surface area contributed by atoms with Gasteiger partial charge in [0.05, 0.1) is 6.20 Å². The Bertz CT molecular complexity index is 180. The van der Waals surface area contributed by atoms with E-state index in [0.29, 0.717) is 4.64 Å². The van der Waals surface area contributed by atoms with E-state index in [4.69, 9.17) is 0 Å². The van der Waals surface area contributed by atoms with E-state index >= 15 is 0 Å². The fourth-order valence-electron chi connectivity index (χ4n) is 0.250. The molecule has 0 aliphatic carbocycles. The summed E-state index contributed by atoms with van der Waals surface area (Å²) in [6.07, 6.45) is 1.54. The highest BCUT2D eigenvalue weighted by atomic mass is 32.1. The lowest BCUT2D eigenvalue weighted by molar-refractivity contribution is 0.856. The van der Waals surface area contributed by atoms with E-state index in [1.165, 1.54) is 0 Å². The molecule has 8 heavy (non-hydrogen) atoms. The number of rotatable bonds is 0. The number of H-pyrrole nitrogens is 1. The van der Waals surface area contributed by atoms with Crippen LogP contribution in [0.4, 0.5) is 0 Å². The molecule has 5 heteroatoms. The van der Waals surface area contributed by atoms with E-state index in [2.05, 4.69) is 27.6 Å². The normalized spacial score (nSPS) is 7.50. The summed E-state index contributed by atoms with van der Waals surface area (Å²) in [7, 11) is 0. The third-order valence-corrected chi connectivity index (χ3v) is 0.738. The smallest absolute Gasteiger partial charge is 0.122 e. The molecule has 0 saturated heterocycles. The van der Waals surface area contributed by atoms with Crippen LogP contribution in [0.5, 0.6) is 0 Å². The second-order valence-electron chi connectivity index (χ2n) is 1.01. The van der Waals surface area contributed by atoms with Gasteiger partial charge in [-0.05, 0) is 6.07 Å². The third kappa shape index (κ3) is 1.94. The van der Waals surface area contributed by atoms with E-state index in [1.54, 1.807) is 12.3 Å². The van der Waals surface area contributed by atoms with Gasteiger partial charge in [0.2, 0.25) is 0 Å². The van der Waals surface area contributed by atoms with Crippen LogP contribution in [-0.2, 0) is 0 Å². The monoisotopic (exact) mass is 141 g/mol. The molecule has 4 radical (unpaired) electrons. The molecule has 0 saturated carbocycles. The van der Waals surface area contributed by atoms with E-state index in [9.17, 15) is 0 Å². The lowest BCUT2D eigenvalue weighted by atomic mass is 10.7. The van der Waals surface area contributed by atoms with Gasteiger partial charge in [0, 0.05) is 11.0 Å². The van der Waals surface area contributed by atoms with E-state index in [0.717, 1.165) is 0 Å². The maximum atomic E-state index is 4.65. The first-order valence-corrected chi connectivity index (χ1v) is 2.17. The quantitative estimate of drug-likeness (QED) is 0.413. The molecule has 0 amide bonds. The van der Waals surface area contributed by atoms with Gasteiger partial charge in [0.25, 0.3) is 0 Å². The molecule has 1 rings (SSSR count). The fraction of sp³-hybridized carbons (Fsp3) is 0. The van der Waals surface area contributed by atoms with Crippen molar-refractivity contribution in [1.82, 2.24) is 15.4 Å². The van der Waals surface area contributed by atoms with Crippen LogP contribution in [-0.4, -0.2) is 26.4 Å². The average molecular weight is 141 g/mol. The largest absolute Gasteiger partial charge is 0.249 e. The topological polar surface area (TPSA) is 41.6 Å². The Hall–Kier alpha value is -0.553. The predicted octanol–water partition coefficient (Wildman–Crippen LogP) is 0.153. The molecular formula is C3H3N3SSi. The molecule has 40 valence electrons. The van der Waals surface area contributed by atoms with Crippen LogP contribution in [0.15, 0.2) is 12.3 Å². The van der Waals surface area contributed by atoms with E-state index in [-0.39, 0.29) is 11.0 Å². The van der Waals surface area contributed by atoms with Crippen molar-refractivity contribution in [3.8, 4) is 0 Å². The number of hydrogen-bond donors (Lipinski definition) is 1. The zero-order valence-electron chi connectivity index (χ0n) is 3.96. The first kappa shape index (κ1) is 7.45. The minimum atomic E-state index is 0. The number of hydrogen-bond acceptors (Lipinski definition) is 3. The molecular weight excluding hydrogens is 138 g/mol. The Morgan fingerprint density at radius 1 is 1.62 bits per heavy atom. The molecule has 0 fully saturated rings. The Kier molecular flexibility index (Phi) is 3.21. The maximum Gasteiger partial charge on any atom is 0.122 e. The van der Waals surface area contributed by atoms with Crippen LogP contribution in [0, 0.1) is 4.64 Å². The fourth-order valence-corrected chi connectivity index (χ4v) is 0.351. The third-order valence-electron chi connectivity index (χ3n) is 0.511. The van der Waals surface area contributed by atoms with Gasteiger partial charge in [-0.25, -0.2) is 5.10 Å². The summed E-state index contributed by atoms with van der Waals surface area (Å²) in [6, 6.07) is 1.67. The Balaban J connectivity index is 0.000000490. The van der Waals surface area contributed by atoms with Crippen molar-refractivity contribution in [3.05, 3.63) is 16.9 Å². The molecule has 0 unspecified atom stereocenters. The van der Waals surface area contributed by atoms with Crippen molar-refractivity contribution in [1.29, 1.82) is 0 Å². The van der Waals surface area contributed by atoms with Crippen molar-refractivity contribution in [2.45, 2.75) is 0 Å². The van der Waals surface area contributed by atoms with Gasteiger partial charge in [-0.1, -0.05) is 17.4 Å². The SMILES string of the molecule is S=c1ccnn[nH]1.[Si]. The maximum absolute atomic E-state index is 4.65. The molecule has 0 spiro atoms. The highest BCUT2D eigenvalue weighted by Gasteiger charge is 1.67. The van der Waals surface area contributed by atoms with Gasteiger partial charge in [-0.3, -0.25) is 0 Å². The van der Waals surface area contributed by atoms with Crippen LogP contribution in [0.3, 0.4) is 0 Å². The molecule has 1 aromatic rings. The Morgan fingerprint density at radius 3 is 2.62 bits per heavy atom. The zero-order chi connectivity index (χ0) is 5.11. The average Bonchev–Trinajstić information content (AvgIpc) is 1.69. The van der Waals surface area contributed by atoms with Crippen molar-refractivity contribution in [2.24, 2.45) is 0 Å². The number of aromatic nitrogens is 3. The molecule has 0 aliphatic rings. The summed E-state index contributed by atoms with van der Waals surface area (Å²) < 4.78 is 0.606. The molecule has 0 aliphatic heterocycles. The first-order chi connectivity index (χ1) is 3.39. The standard InChI is InChI=1S/C3H3N3S.Si/c7-3-1-2-4-6-5-3;/h1-2H,(H,4,5,7);. The molecule has 1 aromatic heterocycles. The Labute approximate surface area is 56.2 Å². The highest BCUT2D eigenvalue weighted by molar-refractivity contribution is 7.71. The molecule has 0 atom stereocenters. The Morgan fingerprint density at radius 2 is 2.38 bits per heavy atom. The first-order valence-electron chi connectivity index (χ1n) is 1.76. The highest BCUT2D eigenvalue weighted by Crippen LogP contribution is 1.72. The van der Waals surface area contributed by atoms with Crippen LogP contribution < -0.4 is 0 Å². The summed E-state index contributed by atoms with van der Waals surface area (Å²) in [5.74, 6) is 0. The molecule has 3 nitrogen and oxygen atoms in total.